The van der Waals surface area contributed by atoms with Crippen LogP contribution in [0.2, 0.25) is 0 Å². The highest BCUT2D eigenvalue weighted by molar-refractivity contribution is 5.96. The predicted octanol–water partition coefficient (Wildman–Crippen LogP) is 1.19. The van der Waals surface area contributed by atoms with Crippen molar-refractivity contribution in [3.63, 3.8) is 0 Å². The first kappa shape index (κ1) is 13.6. The van der Waals surface area contributed by atoms with Crippen molar-refractivity contribution in [3.05, 3.63) is 17.5 Å². The zero-order chi connectivity index (χ0) is 14.2. The minimum atomic E-state index is -1.19. The SMILES string of the molecule is CCn1nc(C)cc1C(=O)NC(C)(C(=O)O)C1CC1. The molecule has 0 bridgehead atoms. The van der Waals surface area contributed by atoms with Gasteiger partial charge in [0.25, 0.3) is 5.91 Å². The number of hydrogen-bond donors (Lipinski definition) is 2. The van der Waals surface area contributed by atoms with Crippen molar-refractivity contribution in [3.8, 4) is 0 Å². The van der Waals surface area contributed by atoms with Gasteiger partial charge in [0.2, 0.25) is 0 Å². The Morgan fingerprint density at radius 2 is 2.21 bits per heavy atom. The number of rotatable bonds is 5. The number of hydrogen-bond acceptors (Lipinski definition) is 3. The highest BCUT2D eigenvalue weighted by atomic mass is 16.4. The molecule has 0 spiro atoms. The number of amides is 1. The molecule has 0 aliphatic heterocycles. The largest absolute Gasteiger partial charge is 0.480 e. The first-order valence-corrected chi connectivity index (χ1v) is 6.48. The monoisotopic (exact) mass is 265 g/mol. The Bertz CT molecular complexity index is 519. The summed E-state index contributed by atoms with van der Waals surface area (Å²) in [6.07, 6.45) is 1.68. The number of aliphatic carboxylic acids is 1. The first-order chi connectivity index (χ1) is 8.88. The second kappa shape index (κ2) is 4.68. The Labute approximate surface area is 111 Å². The molecule has 1 amide bonds. The van der Waals surface area contributed by atoms with Gasteiger partial charge in [-0.2, -0.15) is 5.10 Å². The van der Waals surface area contributed by atoms with Crippen LogP contribution in [0.4, 0.5) is 0 Å². The van der Waals surface area contributed by atoms with E-state index in [4.69, 9.17) is 0 Å². The van der Waals surface area contributed by atoms with E-state index in [0.717, 1.165) is 18.5 Å². The standard InChI is InChI=1S/C13H19N3O3/c1-4-16-10(7-8(2)15-16)11(17)14-13(3,12(18)19)9-5-6-9/h7,9H,4-6H2,1-3H3,(H,14,17)(H,18,19). The van der Waals surface area contributed by atoms with E-state index in [-0.39, 0.29) is 11.8 Å². The van der Waals surface area contributed by atoms with Gasteiger partial charge in [0.15, 0.2) is 0 Å². The lowest BCUT2D eigenvalue weighted by Crippen LogP contribution is -2.54. The van der Waals surface area contributed by atoms with Crippen LogP contribution in [0.15, 0.2) is 6.07 Å². The molecule has 0 aromatic carbocycles. The van der Waals surface area contributed by atoms with Crippen LogP contribution in [0.1, 0.15) is 42.9 Å². The summed E-state index contributed by atoms with van der Waals surface area (Å²) in [5.74, 6) is -1.34. The molecule has 1 aromatic heterocycles. The molecule has 2 rings (SSSR count). The summed E-state index contributed by atoms with van der Waals surface area (Å²) in [7, 11) is 0. The third-order valence-corrected chi connectivity index (χ3v) is 3.65. The average molecular weight is 265 g/mol. The fourth-order valence-electron chi connectivity index (χ4n) is 2.26. The molecule has 104 valence electrons. The van der Waals surface area contributed by atoms with Crippen molar-refractivity contribution >= 4 is 11.9 Å². The van der Waals surface area contributed by atoms with Crippen LogP contribution in [0.25, 0.3) is 0 Å². The number of nitrogens with zero attached hydrogens (tertiary/aromatic N) is 2. The molecule has 1 fully saturated rings. The van der Waals surface area contributed by atoms with E-state index in [2.05, 4.69) is 10.4 Å². The van der Waals surface area contributed by atoms with Crippen LogP contribution in [0.3, 0.4) is 0 Å². The molecule has 6 heteroatoms. The van der Waals surface area contributed by atoms with Gasteiger partial charge in [-0.15, -0.1) is 0 Å². The van der Waals surface area contributed by atoms with Crippen LogP contribution in [-0.4, -0.2) is 32.3 Å². The second-order valence-electron chi connectivity index (χ2n) is 5.22. The lowest BCUT2D eigenvalue weighted by Gasteiger charge is -2.26. The van der Waals surface area contributed by atoms with Gasteiger partial charge in [0.1, 0.15) is 11.2 Å². The van der Waals surface area contributed by atoms with Crippen molar-refractivity contribution in [2.24, 2.45) is 5.92 Å². The van der Waals surface area contributed by atoms with E-state index in [1.54, 1.807) is 24.6 Å². The third-order valence-electron chi connectivity index (χ3n) is 3.65. The Morgan fingerprint density at radius 3 is 2.68 bits per heavy atom. The molecule has 1 aliphatic carbocycles. The summed E-state index contributed by atoms with van der Waals surface area (Å²) in [6.45, 7) is 5.84. The highest BCUT2D eigenvalue weighted by Gasteiger charge is 2.48. The zero-order valence-electron chi connectivity index (χ0n) is 11.4. The van der Waals surface area contributed by atoms with E-state index < -0.39 is 11.5 Å². The number of carbonyl (C=O) groups excluding carboxylic acids is 1. The molecule has 0 saturated heterocycles. The van der Waals surface area contributed by atoms with Gasteiger partial charge >= 0.3 is 5.97 Å². The van der Waals surface area contributed by atoms with Crippen LogP contribution in [-0.2, 0) is 11.3 Å². The molecule has 2 N–H and O–H groups in total. The number of aromatic nitrogens is 2. The molecule has 6 nitrogen and oxygen atoms in total. The van der Waals surface area contributed by atoms with Gasteiger partial charge < -0.3 is 10.4 Å². The quantitative estimate of drug-likeness (QED) is 0.837. The molecular weight excluding hydrogens is 246 g/mol. The number of carboxylic acids is 1. The lowest BCUT2D eigenvalue weighted by molar-refractivity contribution is -0.144. The topological polar surface area (TPSA) is 84.2 Å². The Morgan fingerprint density at radius 1 is 1.58 bits per heavy atom. The Hall–Kier alpha value is -1.85. The number of carboxylic acid groups (broad SMARTS) is 1. The van der Waals surface area contributed by atoms with Crippen molar-refractivity contribution in [1.29, 1.82) is 0 Å². The van der Waals surface area contributed by atoms with Crippen molar-refractivity contribution < 1.29 is 14.7 Å². The molecule has 1 unspecified atom stereocenters. The maximum absolute atomic E-state index is 12.3. The summed E-state index contributed by atoms with van der Waals surface area (Å²) >= 11 is 0. The maximum Gasteiger partial charge on any atom is 0.329 e. The van der Waals surface area contributed by atoms with E-state index in [1.165, 1.54) is 0 Å². The van der Waals surface area contributed by atoms with Crippen molar-refractivity contribution in [2.45, 2.75) is 45.7 Å². The molecule has 1 aliphatic rings. The summed E-state index contributed by atoms with van der Waals surface area (Å²) < 4.78 is 1.58. The normalized spacial score (nSPS) is 17.8. The third kappa shape index (κ3) is 2.47. The predicted molar refractivity (Wildman–Crippen MR) is 68.9 cm³/mol. The van der Waals surface area contributed by atoms with Gasteiger partial charge in [-0.1, -0.05) is 0 Å². The Balaban J connectivity index is 2.22. The van der Waals surface area contributed by atoms with Gasteiger partial charge in [0.05, 0.1) is 5.69 Å². The van der Waals surface area contributed by atoms with E-state index in [1.807, 2.05) is 6.92 Å². The number of nitrogens with one attached hydrogen (secondary N) is 1. The minimum Gasteiger partial charge on any atom is -0.480 e. The summed E-state index contributed by atoms with van der Waals surface area (Å²) in [6, 6.07) is 1.67. The highest BCUT2D eigenvalue weighted by Crippen LogP contribution is 2.39. The second-order valence-corrected chi connectivity index (χ2v) is 5.22. The molecular formula is C13H19N3O3. The Kier molecular flexibility index (Phi) is 3.34. The first-order valence-electron chi connectivity index (χ1n) is 6.48. The zero-order valence-corrected chi connectivity index (χ0v) is 11.4. The molecule has 19 heavy (non-hydrogen) atoms. The average Bonchev–Trinajstić information content (AvgIpc) is 3.12. The van der Waals surface area contributed by atoms with Gasteiger partial charge in [-0.05, 0) is 45.6 Å². The summed E-state index contributed by atoms with van der Waals surface area (Å²) in [5.41, 5.74) is -0.0306. The minimum absolute atomic E-state index is 0.0213. The van der Waals surface area contributed by atoms with Gasteiger partial charge in [-0.3, -0.25) is 9.48 Å². The van der Waals surface area contributed by atoms with Crippen LogP contribution in [0, 0.1) is 12.8 Å². The van der Waals surface area contributed by atoms with Crippen LogP contribution in [0.5, 0.6) is 0 Å². The van der Waals surface area contributed by atoms with Crippen molar-refractivity contribution in [2.75, 3.05) is 0 Å². The molecule has 1 heterocycles. The van der Waals surface area contributed by atoms with Gasteiger partial charge in [0, 0.05) is 6.54 Å². The molecule has 1 saturated carbocycles. The maximum atomic E-state index is 12.3. The molecule has 0 radical (unpaired) electrons. The fraction of sp³-hybridized carbons (Fsp3) is 0.615. The molecule has 1 aromatic rings. The molecule has 1 atom stereocenters. The van der Waals surface area contributed by atoms with E-state index in [0.29, 0.717) is 12.2 Å². The summed E-state index contributed by atoms with van der Waals surface area (Å²) in [4.78, 5) is 23.6. The van der Waals surface area contributed by atoms with Gasteiger partial charge in [-0.25, -0.2) is 4.79 Å². The van der Waals surface area contributed by atoms with E-state index >= 15 is 0 Å². The number of aryl methyl sites for hydroxylation is 2. The lowest BCUT2D eigenvalue weighted by atomic mass is 9.96. The number of carbonyl (C=O) groups is 2. The smallest absolute Gasteiger partial charge is 0.329 e. The van der Waals surface area contributed by atoms with Crippen LogP contribution < -0.4 is 5.32 Å². The fourth-order valence-corrected chi connectivity index (χ4v) is 2.26. The van der Waals surface area contributed by atoms with Crippen LogP contribution >= 0.6 is 0 Å². The van der Waals surface area contributed by atoms with Crippen molar-refractivity contribution in [1.82, 2.24) is 15.1 Å². The van der Waals surface area contributed by atoms with E-state index in [9.17, 15) is 14.7 Å². The summed E-state index contributed by atoms with van der Waals surface area (Å²) in [5, 5.41) is 16.2.